The van der Waals surface area contributed by atoms with Crippen LogP contribution in [-0.4, -0.2) is 36.6 Å². The molecule has 0 spiro atoms. The third kappa shape index (κ3) is 5.08. The zero-order chi connectivity index (χ0) is 12.6. The van der Waals surface area contributed by atoms with Gasteiger partial charge in [0.1, 0.15) is 5.57 Å². The molecule has 0 rings (SSSR count). The van der Waals surface area contributed by atoms with Crippen LogP contribution in [0.25, 0.3) is 0 Å². The summed E-state index contributed by atoms with van der Waals surface area (Å²) in [4.78, 5) is 32.0. The number of carbonyl (C=O) groups excluding carboxylic acids is 2. The van der Waals surface area contributed by atoms with Crippen LogP contribution in [0.2, 0.25) is 0 Å². The SMILES string of the molecule is CCOC(=O)C(=CC[N+](=O)[O-])C(=O)OCC. The maximum atomic E-state index is 11.3. The molecular weight excluding hydrogens is 218 g/mol. The molecule has 0 bridgehead atoms. The van der Waals surface area contributed by atoms with Crippen molar-refractivity contribution in [1.29, 1.82) is 0 Å². The number of carbonyl (C=O) groups is 2. The van der Waals surface area contributed by atoms with Crippen molar-refractivity contribution in [2.24, 2.45) is 0 Å². The van der Waals surface area contributed by atoms with Crippen LogP contribution < -0.4 is 0 Å². The molecule has 16 heavy (non-hydrogen) atoms. The standard InChI is InChI=1S/C9H13NO6/c1-3-15-8(11)7(5-6-10(13)14)9(12)16-4-2/h5H,3-4,6H2,1-2H3. The van der Waals surface area contributed by atoms with Crippen molar-refractivity contribution in [1.82, 2.24) is 0 Å². The van der Waals surface area contributed by atoms with Gasteiger partial charge in [-0.2, -0.15) is 0 Å². The van der Waals surface area contributed by atoms with Crippen LogP contribution in [0.1, 0.15) is 13.8 Å². The summed E-state index contributed by atoms with van der Waals surface area (Å²) in [7, 11) is 0. The molecule has 0 unspecified atom stereocenters. The molecule has 0 aliphatic heterocycles. The lowest BCUT2D eigenvalue weighted by Crippen LogP contribution is -2.19. The summed E-state index contributed by atoms with van der Waals surface area (Å²) in [5.74, 6) is -1.83. The highest BCUT2D eigenvalue weighted by Gasteiger charge is 2.21. The van der Waals surface area contributed by atoms with Crippen molar-refractivity contribution in [3.63, 3.8) is 0 Å². The van der Waals surface area contributed by atoms with E-state index in [1.54, 1.807) is 13.8 Å². The summed E-state index contributed by atoms with van der Waals surface area (Å²) in [6.45, 7) is 2.65. The number of esters is 2. The average molecular weight is 231 g/mol. The fourth-order valence-electron chi connectivity index (χ4n) is 0.834. The van der Waals surface area contributed by atoms with Gasteiger partial charge in [-0.3, -0.25) is 10.1 Å². The van der Waals surface area contributed by atoms with Crippen molar-refractivity contribution in [2.45, 2.75) is 13.8 Å². The average Bonchev–Trinajstić information content (AvgIpc) is 2.18. The van der Waals surface area contributed by atoms with Crippen LogP contribution in [0.4, 0.5) is 0 Å². The van der Waals surface area contributed by atoms with Crippen LogP contribution in [0.5, 0.6) is 0 Å². The lowest BCUT2D eigenvalue weighted by Gasteiger charge is -2.05. The molecule has 0 aliphatic rings. The van der Waals surface area contributed by atoms with E-state index >= 15 is 0 Å². The van der Waals surface area contributed by atoms with Crippen LogP contribution in [0, 0.1) is 10.1 Å². The first kappa shape index (κ1) is 14.1. The highest BCUT2D eigenvalue weighted by molar-refractivity contribution is 6.14. The van der Waals surface area contributed by atoms with Gasteiger partial charge in [-0.05, 0) is 13.8 Å². The first-order valence-corrected chi connectivity index (χ1v) is 4.69. The van der Waals surface area contributed by atoms with Crippen LogP contribution in [-0.2, 0) is 19.1 Å². The first-order valence-electron chi connectivity index (χ1n) is 4.69. The minimum absolute atomic E-state index is 0.0774. The summed E-state index contributed by atoms with van der Waals surface area (Å²) in [6, 6.07) is 0. The zero-order valence-corrected chi connectivity index (χ0v) is 9.10. The molecule has 0 saturated carbocycles. The number of hydrogen-bond donors (Lipinski definition) is 0. The van der Waals surface area contributed by atoms with Crippen LogP contribution in [0.15, 0.2) is 11.6 Å². The maximum absolute atomic E-state index is 11.3. The van der Waals surface area contributed by atoms with Gasteiger partial charge in [0.05, 0.1) is 13.2 Å². The maximum Gasteiger partial charge on any atom is 0.345 e. The van der Waals surface area contributed by atoms with E-state index in [0.29, 0.717) is 0 Å². The highest BCUT2D eigenvalue weighted by Crippen LogP contribution is 2.02. The first-order chi connectivity index (χ1) is 7.52. The van der Waals surface area contributed by atoms with Gasteiger partial charge < -0.3 is 9.47 Å². The summed E-state index contributed by atoms with van der Waals surface area (Å²) < 4.78 is 9.15. The Hall–Kier alpha value is -1.92. The Morgan fingerprint density at radius 2 is 1.62 bits per heavy atom. The third-order valence-corrected chi connectivity index (χ3v) is 1.44. The van der Waals surface area contributed by atoms with E-state index in [9.17, 15) is 19.7 Å². The van der Waals surface area contributed by atoms with E-state index in [-0.39, 0.29) is 13.2 Å². The van der Waals surface area contributed by atoms with Crippen molar-refractivity contribution in [2.75, 3.05) is 19.8 Å². The monoisotopic (exact) mass is 231 g/mol. The second-order valence-electron chi connectivity index (χ2n) is 2.57. The Balaban J connectivity index is 4.74. The van der Waals surface area contributed by atoms with Gasteiger partial charge >= 0.3 is 11.9 Å². The van der Waals surface area contributed by atoms with Gasteiger partial charge in [-0.15, -0.1) is 0 Å². The smallest absolute Gasteiger partial charge is 0.345 e. The zero-order valence-electron chi connectivity index (χ0n) is 9.10. The molecule has 0 aliphatic carbocycles. The molecule has 0 radical (unpaired) electrons. The Morgan fingerprint density at radius 1 is 1.19 bits per heavy atom. The third-order valence-electron chi connectivity index (χ3n) is 1.44. The summed E-state index contributed by atoms with van der Waals surface area (Å²) in [5.41, 5.74) is -0.444. The predicted octanol–water partition coefficient (Wildman–Crippen LogP) is 0.316. The normalized spacial score (nSPS) is 9.12. The van der Waals surface area contributed by atoms with Gasteiger partial charge in [0.15, 0.2) is 0 Å². The van der Waals surface area contributed by atoms with E-state index in [1.165, 1.54) is 0 Å². The summed E-state index contributed by atoms with van der Waals surface area (Å²) >= 11 is 0. The molecule has 0 aromatic carbocycles. The van der Waals surface area contributed by atoms with Gasteiger partial charge in [0.25, 0.3) is 0 Å². The molecule has 0 fully saturated rings. The Morgan fingerprint density at radius 3 is 1.94 bits per heavy atom. The molecule has 7 nitrogen and oxygen atoms in total. The van der Waals surface area contributed by atoms with Gasteiger partial charge in [-0.1, -0.05) is 0 Å². The van der Waals surface area contributed by atoms with Crippen molar-refractivity contribution in [3.05, 3.63) is 21.8 Å². The van der Waals surface area contributed by atoms with Crippen molar-refractivity contribution in [3.8, 4) is 0 Å². The minimum Gasteiger partial charge on any atom is -0.462 e. The second-order valence-corrected chi connectivity index (χ2v) is 2.57. The van der Waals surface area contributed by atoms with Gasteiger partial charge in [0, 0.05) is 11.0 Å². The fourth-order valence-corrected chi connectivity index (χ4v) is 0.834. The quantitative estimate of drug-likeness (QED) is 0.163. The Kier molecular flexibility index (Phi) is 6.50. The van der Waals surface area contributed by atoms with Crippen LogP contribution >= 0.6 is 0 Å². The lowest BCUT2D eigenvalue weighted by molar-refractivity contribution is -0.468. The van der Waals surface area contributed by atoms with Crippen molar-refractivity contribution < 1.29 is 24.0 Å². The summed E-state index contributed by atoms with van der Waals surface area (Å²) in [6.07, 6.45) is 0.885. The van der Waals surface area contributed by atoms with Gasteiger partial charge in [-0.25, -0.2) is 9.59 Å². The molecule has 7 heteroatoms. The Labute approximate surface area is 92.2 Å². The number of hydrogen-bond acceptors (Lipinski definition) is 6. The van der Waals surface area contributed by atoms with E-state index in [4.69, 9.17) is 0 Å². The largest absolute Gasteiger partial charge is 0.462 e. The topological polar surface area (TPSA) is 95.7 Å². The molecule has 0 atom stereocenters. The fraction of sp³-hybridized carbons (Fsp3) is 0.556. The highest BCUT2D eigenvalue weighted by atomic mass is 16.6. The molecule has 0 aromatic heterocycles. The minimum atomic E-state index is -0.914. The molecule has 0 heterocycles. The van der Waals surface area contributed by atoms with E-state index in [1.807, 2.05) is 0 Å². The molecule has 0 saturated heterocycles. The van der Waals surface area contributed by atoms with Crippen molar-refractivity contribution >= 4 is 11.9 Å². The summed E-state index contributed by atoms with van der Waals surface area (Å²) in [5, 5.41) is 10.1. The van der Waals surface area contributed by atoms with Gasteiger partial charge in [0.2, 0.25) is 6.54 Å². The lowest BCUT2D eigenvalue weighted by atomic mass is 10.2. The number of nitrogens with zero attached hydrogens (tertiary/aromatic N) is 1. The van der Waals surface area contributed by atoms with Crippen LogP contribution in [0.3, 0.4) is 0 Å². The number of ether oxygens (including phenoxy) is 2. The molecule has 0 amide bonds. The number of nitro groups is 1. The van der Waals surface area contributed by atoms with E-state index in [2.05, 4.69) is 9.47 Å². The second kappa shape index (κ2) is 7.38. The van der Waals surface area contributed by atoms with E-state index in [0.717, 1.165) is 6.08 Å². The number of rotatable bonds is 6. The van der Waals surface area contributed by atoms with E-state index < -0.39 is 29.0 Å². The molecule has 0 aromatic rings. The molecule has 0 N–H and O–H groups in total. The molecular formula is C9H13NO6. The predicted molar refractivity (Wildman–Crippen MR) is 53.2 cm³/mol. The Bertz CT molecular complexity index is 289. The molecule has 90 valence electrons.